The van der Waals surface area contributed by atoms with Crippen molar-refractivity contribution in [3.05, 3.63) is 23.8 Å². The Kier molecular flexibility index (Phi) is 5.68. The Bertz CT molecular complexity index is 587. The average Bonchev–Trinajstić information content (AvgIpc) is 2.37. The summed E-state index contributed by atoms with van der Waals surface area (Å²) >= 11 is 0. The summed E-state index contributed by atoms with van der Waals surface area (Å²) in [6, 6.07) is 4.15. The van der Waals surface area contributed by atoms with Gasteiger partial charge in [0, 0.05) is 18.5 Å². The van der Waals surface area contributed by atoms with E-state index in [0.717, 1.165) is 0 Å². The summed E-state index contributed by atoms with van der Waals surface area (Å²) in [5, 5.41) is 11.8. The zero-order valence-corrected chi connectivity index (χ0v) is 13.2. The Hall–Kier alpha value is -2.37. The van der Waals surface area contributed by atoms with Crippen LogP contribution in [0.25, 0.3) is 0 Å². The van der Waals surface area contributed by atoms with E-state index in [1.54, 1.807) is 6.92 Å². The van der Waals surface area contributed by atoms with Crippen LogP contribution in [0.5, 0.6) is 5.75 Å². The zero-order chi connectivity index (χ0) is 16.9. The van der Waals surface area contributed by atoms with Gasteiger partial charge in [-0.3, -0.25) is 9.59 Å². The lowest BCUT2D eigenvalue weighted by atomic mass is 9.92. The van der Waals surface area contributed by atoms with Gasteiger partial charge < -0.3 is 15.2 Å². The normalized spacial score (nSPS) is 10.9. The molecule has 0 aliphatic heterocycles. The lowest BCUT2D eigenvalue weighted by Gasteiger charge is -2.17. The number of esters is 1. The maximum absolute atomic E-state index is 11.9. The molecule has 6 heteroatoms. The molecule has 0 aliphatic carbocycles. The summed E-state index contributed by atoms with van der Waals surface area (Å²) in [5.74, 6) is -1.99. The molecule has 0 spiro atoms. The Labute approximate surface area is 129 Å². The predicted molar refractivity (Wildman–Crippen MR) is 82.0 cm³/mol. The first-order valence-electron chi connectivity index (χ1n) is 7.00. The van der Waals surface area contributed by atoms with Crippen molar-refractivity contribution < 1.29 is 24.2 Å². The zero-order valence-electron chi connectivity index (χ0n) is 13.2. The Morgan fingerprint density at radius 3 is 2.36 bits per heavy atom. The first-order valence-corrected chi connectivity index (χ1v) is 7.00. The molecule has 0 aromatic heterocycles. The van der Waals surface area contributed by atoms with Crippen molar-refractivity contribution in [1.29, 1.82) is 0 Å². The summed E-state index contributed by atoms with van der Waals surface area (Å²) in [7, 11) is 0. The van der Waals surface area contributed by atoms with Gasteiger partial charge in [0.05, 0.1) is 0 Å². The van der Waals surface area contributed by atoms with Crippen LogP contribution in [0.15, 0.2) is 18.2 Å². The van der Waals surface area contributed by atoms with E-state index in [1.165, 1.54) is 18.2 Å². The molecular weight excluding hydrogens is 286 g/mol. The minimum absolute atomic E-state index is 0.0341. The molecule has 1 rings (SSSR count). The first kappa shape index (κ1) is 17.7. The van der Waals surface area contributed by atoms with Crippen molar-refractivity contribution >= 4 is 23.5 Å². The van der Waals surface area contributed by atoms with E-state index >= 15 is 0 Å². The molecule has 6 nitrogen and oxygen atoms in total. The highest BCUT2D eigenvalue weighted by Gasteiger charge is 2.18. The number of carboxylic acids is 1. The third-order valence-electron chi connectivity index (χ3n) is 2.70. The van der Waals surface area contributed by atoms with Gasteiger partial charge in [0.2, 0.25) is 5.91 Å². The van der Waals surface area contributed by atoms with E-state index in [-0.39, 0.29) is 29.1 Å². The van der Waals surface area contributed by atoms with Crippen LogP contribution in [0, 0.1) is 5.41 Å². The van der Waals surface area contributed by atoms with Crippen molar-refractivity contribution in [3.63, 3.8) is 0 Å². The number of hydrogen-bond donors (Lipinski definition) is 2. The molecule has 0 atom stereocenters. The number of ether oxygens (including phenoxy) is 1. The van der Waals surface area contributed by atoms with E-state index in [2.05, 4.69) is 5.32 Å². The molecule has 1 amide bonds. The Morgan fingerprint density at radius 2 is 1.86 bits per heavy atom. The monoisotopic (exact) mass is 307 g/mol. The van der Waals surface area contributed by atoms with Gasteiger partial charge in [-0.25, -0.2) is 4.79 Å². The molecule has 0 fully saturated rings. The molecule has 1 aromatic carbocycles. The van der Waals surface area contributed by atoms with Crippen LogP contribution in [0.3, 0.4) is 0 Å². The van der Waals surface area contributed by atoms with Crippen molar-refractivity contribution in [2.24, 2.45) is 5.41 Å². The van der Waals surface area contributed by atoms with Gasteiger partial charge in [-0.2, -0.15) is 0 Å². The molecule has 0 radical (unpaired) electrons. The smallest absolute Gasteiger partial charge is 0.339 e. The summed E-state index contributed by atoms with van der Waals surface area (Å²) in [4.78, 5) is 34.4. The number of amides is 1. The van der Waals surface area contributed by atoms with Gasteiger partial charge in [-0.1, -0.05) is 27.7 Å². The molecule has 22 heavy (non-hydrogen) atoms. The largest absolute Gasteiger partial charge is 0.478 e. The number of benzene rings is 1. The number of carbonyl (C=O) groups excluding carboxylic acids is 2. The van der Waals surface area contributed by atoms with Gasteiger partial charge in [0.15, 0.2) is 0 Å². The third-order valence-corrected chi connectivity index (χ3v) is 2.70. The van der Waals surface area contributed by atoms with E-state index in [9.17, 15) is 19.5 Å². The van der Waals surface area contributed by atoms with Gasteiger partial charge >= 0.3 is 11.9 Å². The number of anilines is 1. The second kappa shape index (κ2) is 7.06. The quantitative estimate of drug-likeness (QED) is 0.644. The SMILES string of the molecule is CCC(=O)Oc1ccc(NC(=O)CC(C)(C)C)cc1C(=O)O. The van der Waals surface area contributed by atoms with Crippen molar-refractivity contribution in [1.82, 2.24) is 0 Å². The molecule has 120 valence electrons. The third kappa shape index (κ3) is 5.55. The minimum Gasteiger partial charge on any atom is -0.478 e. The van der Waals surface area contributed by atoms with Gasteiger partial charge in [0.1, 0.15) is 11.3 Å². The van der Waals surface area contributed by atoms with Crippen LogP contribution in [-0.4, -0.2) is 23.0 Å². The van der Waals surface area contributed by atoms with E-state index in [4.69, 9.17) is 4.74 Å². The van der Waals surface area contributed by atoms with Gasteiger partial charge in [-0.15, -0.1) is 0 Å². The number of carboxylic acid groups (broad SMARTS) is 1. The highest BCUT2D eigenvalue weighted by Crippen LogP contribution is 2.25. The van der Waals surface area contributed by atoms with Gasteiger partial charge in [-0.05, 0) is 23.6 Å². The maximum Gasteiger partial charge on any atom is 0.339 e. The van der Waals surface area contributed by atoms with Crippen LogP contribution < -0.4 is 10.1 Å². The van der Waals surface area contributed by atoms with Crippen LogP contribution in [-0.2, 0) is 9.59 Å². The maximum atomic E-state index is 11.9. The summed E-state index contributed by atoms with van der Waals surface area (Å²) in [6.07, 6.45) is 0.450. The molecule has 0 saturated carbocycles. The Morgan fingerprint density at radius 1 is 1.23 bits per heavy atom. The van der Waals surface area contributed by atoms with Crippen molar-refractivity contribution in [2.45, 2.75) is 40.5 Å². The van der Waals surface area contributed by atoms with Gasteiger partial charge in [0.25, 0.3) is 0 Å². The topological polar surface area (TPSA) is 92.7 Å². The highest BCUT2D eigenvalue weighted by molar-refractivity contribution is 5.96. The number of aromatic carboxylic acids is 1. The predicted octanol–water partition coefficient (Wildman–Crippen LogP) is 3.07. The summed E-state index contributed by atoms with van der Waals surface area (Å²) < 4.78 is 4.96. The van der Waals surface area contributed by atoms with E-state index in [0.29, 0.717) is 12.1 Å². The fourth-order valence-corrected chi connectivity index (χ4v) is 1.75. The van der Waals surface area contributed by atoms with Crippen LogP contribution >= 0.6 is 0 Å². The molecule has 0 heterocycles. The molecule has 0 unspecified atom stereocenters. The number of nitrogens with one attached hydrogen (secondary N) is 1. The van der Waals surface area contributed by atoms with Crippen LogP contribution in [0.2, 0.25) is 0 Å². The second-order valence-electron chi connectivity index (χ2n) is 6.13. The average molecular weight is 307 g/mol. The second-order valence-corrected chi connectivity index (χ2v) is 6.13. The highest BCUT2D eigenvalue weighted by atomic mass is 16.5. The first-order chi connectivity index (χ1) is 10.1. The standard InChI is InChI=1S/C16H21NO5/c1-5-14(19)22-12-7-6-10(8-11(12)15(20)21)17-13(18)9-16(2,3)4/h6-8H,5,9H2,1-4H3,(H,17,18)(H,20,21). The number of carbonyl (C=O) groups is 3. The molecule has 2 N–H and O–H groups in total. The number of rotatable bonds is 5. The van der Waals surface area contributed by atoms with Crippen molar-refractivity contribution in [2.75, 3.05) is 5.32 Å². The summed E-state index contributed by atoms with van der Waals surface area (Å²) in [6.45, 7) is 7.41. The minimum atomic E-state index is -1.23. The van der Waals surface area contributed by atoms with Crippen molar-refractivity contribution in [3.8, 4) is 5.75 Å². The Balaban J connectivity index is 2.95. The van der Waals surface area contributed by atoms with Crippen LogP contribution in [0.4, 0.5) is 5.69 Å². The van der Waals surface area contributed by atoms with E-state index < -0.39 is 11.9 Å². The fourth-order valence-electron chi connectivity index (χ4n) is 1.75. The molecule has 1 aromatic rings. The fraction of sp³-hybridized carbons (Fsp3) is 0.438. The lowest BCUT2D eigenvalue weighted by Crippen LogP contribution is -2.20. The lowest BCUT2D eigenvalue weighted by molar-refractivity contribution is -0.134. The number of hydrogen-bond acceptors (Lipinski definition) is 4. The molecular formula is C16H21NO5. The molecule has 0 bridgehead atoms. The summed E-state index contributed by atoms with van der Waals surface area (Å²) in [5.41, 5.74) is 0.00866. The van der Waals surface area contributed by atoms with Crippen LogP contribution in [0.1, 0.15) is 50.9 Å². The van der Waals surface area contributed by atoms with E-state index in [1.807, 2.05) is 20.8 Å². The molecule has 0 aliphatic rings. The molecule has 0 saturated heterocycles.